The first-order valence-electron chi connectivity index (χ1n) is 10.9. The summed E-state index contributed by atoms with van der Waals surface area (Å²) in [4.78, 5) is 27.2. The molecule has 3 N–H and O–H groups in total. The zero-order chi connectivity index (χ0) is 24.9. The van der Waals surface area contributed by atoms with E-state index < -0.39 is 17.7 Å². The summed E-state index contributed by atoms with van der Waals surface area (Å²) < 4.78 is 39.3. The summed E-state index contributed by atoms with van der Waals surface area (Å²) in [6, 6.07) is 13.7. The van der Waals surface area contributed by atoms with Crippen LogP contribution in [-0.4, -0.2) is 28.5 Å². The minimum absolute atomic E-state index is 0.0388. The number of carboxylic acids is 1. The molecule has 1 amide bonds. The Balaban J connectivity index is 1.80. The summed E-state index contributed by atoms with van der Waals surface area (Å²) in [6.07, 6.45) is -3.87. The minimum Gasteiger partial charge on any atom is -0.481 e. The maximum Gasteiger partial charge on any atom is 0.416 e. The number of nitrogens with zero attached hydrogens (tertiary/aromatic N) is 1. The third kappa shape index (κ3) is 6.69. The van der Waals surface area contributed by atoms with E-state index in [9.17, 15) is 22.8 Å². The molecule has 3 aromatic rings. The molecule has 180 valence electrons. The Morgan fingerprint density at radius 2 is 1.71 bits per heavy atom. The lowest BCUT2D eigenvalue weighted by molar-refractivity contribution is -0.138. The number of alkyl halides is 3. The molecule has 0 aliphatic carbocycles. The topological polar surface area (TPSA) is 91.3 Å². The van der Waals surface area contributed by atoms with E-state index in [1.165, 1.54) is 6.07 Å². The van der Waals surface area contributed by atoms with Crippen molar-refractivity contribution in [1.29, 1.82) is 0 Å². The number of aromatic nitrogens is 1. The van der Waals surface area contributed by atoms with E-state index >= 15 is 0 Å². The SMILES string of the molecule is CC(C)C[C@H](Nc1ccc2ccc(C(F)(F)F)cc2n1)c1ccc(C(=O)NCCC(=O)O)cc1. The summed E-state index contributed by atoms with van der Waals surface area (Å²) >= 11 is 0. The van der Waals surface area contributed by atoms with Crippen LogP contribution >= 0.6 is 0 Å². The van der Waals surface area contributed by atoms with Crippen LogP contribution in [0.25, 0.3) is 10.9 Å². The van der Waals surface area contributed by atoms with Crippen molar-refractivity contribution in [2.75, 3.05) is 11.9 Å². The Morgan fingerprint density at radius 1 is 1.03 bits per heavy atom. The van der Waals surface area contributed by atoms with Crippen LogP contribution in [0.3, 0.4) is 0 Å². The molecule has 9 heteroatoms. The molecule has 1 heterocycles. The monoisotopic (exact) mass is 473 g/mol. The van der Waals surface area contributed by atoms with Crippen molar-refractivity contribution in [3.8, 4) is 0 Å². The van der Waals surface area contributed by atoms with E-state index in [2.05, 4.69) is 29.5 Å². The lowest BCUT2D eigenvalue weighted by atomic mass is 9.96. The van der Waals surface area contributed by atoms with Crippen LogP contribution < -0.4 is 10.6 Å². The molecule has 0 radical (unpaired) electrons. The van der Waals surface area contributed by atoms with Gasteiger partial charge in [0, 0.05) is 17.5 Å². The van der Waals surface area contributed by atoms with Gasteiger partial charge in [-0.25, -0.2) is 4.98 Å². The number of carbonyl (C=O) groups excluding carboxylic acids is 1. The molecule has 0 spiro atoms. The average Bonchev–Trinajstić information content (AvgIpc) is 2.77. The maximum absolute atomic E-state index is 13.1. The number of halogens is 3. The number of benzene rings is 2. The molecule has 1 aromatic heterocycles. The Kier molecular flexibility index (Phi) is 7.75. The minimum atomic E-state index is -4.44. The van der Waals surface area contributed by atoms with Gasteiger partial charge in [0.2, 0.25) is 0 Å². The lowest BCUT2D eigenvalue weighted by Gasteiger charge is -2.22. The highest BCUT2D eigenvalue weighted by molar-refractivity contribution is 5.94. The number of hydrogen-bond acceptors (Lipinski definition) is 4. The number of amides is 1. The average molecular weight is 473 g/mol. The van der Waals surface area contributed by atoms with Gasteiger partial charge in [-0.15, -0.1) is 0 Å². The smallest absolute Gasteiger partial charge is 0.416 e. The summed E-state index contributed by atoms with van der Waals surface area (Å²) in [5.41, 5.74) is 0.791. The number of hydrogen-bond donors (Lipinski definition) is 3. The Bertz CT molecular complexity index is 1160. The van der Waals surface area contributed by atoms with Crippen LogP contribution in [0.15, 0.2) is 54.6 Å². The summed E-state index contributed by atoms with van der Waals surface area (Å²) in [7, 11) is 0. The number of carboxylic acid groups (broad SMARTS) is 1. The lowest BCUT2D eigenvalue weighted by Crippen LogP contribution is -2.26. The highest BCUT2D eigenvalue weighted by atomic mass is 19.4. The van der Waals surface area contributed by atoms with Crippen LogP contribution in [0.5, 0.6) is 0 Å². The van der Waals surface area contributed by atoms with E-state index in [1.807, 2.05) is 0 Å². The molecular formula is C25H26F3N3O3. The van der Waals surface area contributed by atoms with Gasteiger partial charge < -0.3 is 15.7 Å². The first kappa shape index (κ1) is 25.0. The second kappa shape index (κ2) is 10.5. The highest BCUT2D eigenvalue weighted by Crippen LogP contribution is 2.32. The van der Waals surface area contributed by atoms with Gasteiger partial charge in [0.05, 0.1) is 23.5 Å². The summed E-state index contributed by atoms with van der Waals surface area (Å²) in [5.74, 6) is -0.588. The van der Waals surface area contributed by atoms with Gasteiger partial charge in [0.15, 0.2) is 0 Å². The zero-order valence-corrected chi connectivity index (χ0v) is 18.8. The third-order valence-corrected chi connectivity index (χ3v) is 5.25. The number of anilines is 1. The van der Waals surface area contributed by atoms with E-state index in [0.717, 1.165) is 24.1 Å². The van der Waals surface area contributed by atoms with Gasteiger partial charge >= 0.3 is 12.1 Å². The normalized spacial score (nSPS) is 12.5. The van der Waals surface area contributed by atoms with Crippen LogP contribution in [-0.2, 0) is 11.0 Å². The van der Waals surface area contributed by atoms with Gasteiger partial charge in [-0.1, -0.05) is 32.0 Å². The Morgan fingerprint density at radius 3 is 2.32 bits per heavy atom. The van der Waals surface area contributed by atoms with E-state index in [4.69, 9.17) is 5.11 Å². The highest BCUT2D eigenvalue weighted by Gasteiger charge is 2.30. The van der Waals surface area contributed by atoms with E-state index in [0.29, 0.717) is 22.7 Å². The zero-order valence-electron chi connectivity index (χ0n) is 18.8. The van der Waals surface area contributed by atoms with Gasteiger partial charge in [-0.3, -0.25) is 9.59 Å². The van der Waals surface area contributed by atoms with Gasteiger partial charge in [-0.2, -0.15) is 13.2 Å². The standard InChI is InChI=1S/C25H26F3N3O3/c1-15(2)13-20(16-3-5-18(6-4-16)24(34)29-12-11-23(32)33)30-22-10-8-17-7-9-19(25(26,27)28)14-21(17)31-22/h3-10,14-15,20H,11-13H2,1-2H3,(H,29,34)(H,30,31)(H,32,33)/t20-/m0/s1. The quantitative estimate of drug-likeness (QED) is 0.373. The molecule has 3 rings (SSSR count). The molecule has 0 aliphatic rings. The van der Waals surface area contributed by atoms with Crippen LogP contribution in [0.4, 0.5) is 19.0 Å². The number of carbonyl (C=O) groups is 2. The van der Waals surface area contributed by atoms with Crippen molar-refractivity contribution in [2.24, 2.45) is 5.92 Å². The van der Waals surface area contributed by atoms with Crippen molar-refractivity contribution in [2.45, 2.75) is 38.9 Å². The number of rotatable bonds is 9. The molecule has 0 saturated carbocycles. The number of aliphatic carboxylic acids is 1. The fraction of sp³-hybridized carbons (Fsp3) is 0.320. The van der Waals surface area contributed by atoms with Crippen LogP contribution in [0.1, 0.15) is 54.2 Å². The molecule has 34 heavy (non-hydrogen) atoms. The second-order valence-corrected chi connectivity index (χ2v) is 8.45. The first-order chi connectivity index (χ1) is 16.0. The molecule has 0 aliphatic heterocycles. The predicted octanol–water partition coefficient (Wildman–Crippen LogP) is 5.66. The molecule has 0 unspecified atom stereocenters. The van der Waals surface area contributed by atoms with E-state index in [-0.39, 0.29) is 30.4 Å². The molecule has 0 bridgehead atoms. The predicted molar refractivity (Wildman–Crippen MR) is 124 cm³/mol. The number of fused-ring (bicyclic) bond motifs is 1. The van der Waals surface area contributed by atoms with Gasteiger partial charge in [0.1, 0.15) is 5.82 Å². The summed E-state index contributed by atoms with van der Waals surface area (Å²) in [6.45, 7) is 4.15. The molecular weight excluding hydrogens is 447 g/mol. The number of nitrogens with one attached hydrogen (secondary N) is 2. The molecule has 6 nitrogen and oxygen atoms in total. The fourth-order valence-corrected chi connectivity index (χ4v) is 3.55. The Hall–Kier alpha value is -3.62. The molecule has 0 fully saturated rings. The van der Waals surface area contributed by atoms with Crippen LogP contribution in [0, 0.1) is 5.92 Å². The Labute approximate surface area is 195 Å². The van der Waals surface area contributed by atoms with Crippen molar-refractivity contribution >= 4 is 28.6 Å². The van der Waals surface area contributed by atoms with Crippen LogP contribution in [0.2, 0.25) is 0 Å². The van der Waals surface area contributed by atoms with Gasteiger partial charge in [0.25, 0.3) is 5.91 Å². The molecule has 2 aromatic carbocycles. The summed E-state index contributed by atoms with van der Waals surface area (Å²) in [5, 5.41) is 15.2. The van der Waals surface area contributed by atoms with Gasteiger partial charge in [-0.05, 0) is 54.3 Å². The fourth-order valence-electron chi connectivity index (χ4n) is 3.55. The van der Waals surface area contributed by atoms with Crippen molar-refractivity contribution in [1.82, 2.24) is 10.3 Å². The van der Waals surface area contributed by atoms with Crippen molar-refractivity contribution in [3.63, 3.8) is 0 Å². The first-order valence-corrected chi connectivity index (χ1v) is 10.9. The third-order valence-electron chi connectivity index (χ3n) is 5.25. The van der Waals surface area contributed by atoms with Crippen molar-refractivity contribution < 1.29 is 27.9 Å². The largest absolute Gasteiger partial charge is 0.481 e. The number of pyridine rings is 1. The molecule has 0 saturated heterocycles. The second-order valence-electron chi connectivity index (χ2n) is 8.45. The maximum atomic E-state index is 13.1. The van der Waals surface area contributed by atoms with Crippen molar-refractivity contribution in [3.05, 3.63) is 71.3 Å². The molecule has 1 atom stereocenters. The van der Waals surface area contributed by atoms with E-state index in [1.54, 1.807) is 36.4 Å².